The van der Waals surface area contributed by atoms with Crippen LogP contribution in [-0.2, 0) is 19.0 Å². The highest BCUT2D eigenvalue weighted by Crippen LogP contribution is 2.07. The Morgan fingerprint density at radius 3 is 2.94 bits per heavy atom. The van der Waals surface area contributed by atoms with Crippen molar-refractivity contribution < 1.29 is 19.0 Å². The number of morpholine rings is 1. The molecular formula is C11H21NO4. The van der Waals surface area contributed by atoms with Crippen molar-refractivity contribution in [2.24, 2.45) is 0 Å². The third-order valence-corrected chi connectivity index (χ3v) is 2.69. The van der Waals surface area contributed by atoms with Crippen molar-refractivity contribution in [2.45, 2.75) is 18.9 Å². The quantitative estimate of drug-likeness (QED) is 0.485. The fourth-order valence-corrected chi connectivity index (χ4v) is 1.76. The summed E-state index contributed by atoms with van der Waals surface area (Å²) in [6, 6.07) is 0. The van der Waals surface area contributed by atoms with Crippen LogP contribution in [0.5, 0.6) is 0 Å². The standard InChI is InChI=1S/C11H21NO4/c1-14-7-4-3-5-12-6-8-16-10(9-12)11(13)15-2/h10H,3-9H2,1-2H3. The molecule has 1 aliphatic rings. The molecule has 5 heteroatoms. The van der Waals surface area contributed by atoms with E-state index in [1.807, 2.05) is 0 Å². The second kappa shape index (κ2) is 7.60. The third kappa shape index (κ3) is 4.47. The van der Waals surface area contributed by atoms with Crippen molar-refractivity contribution >= 4 is 5.97 Å². The lowest BCUT2D eigenvalue weighted by Gasteiger charge is -2.31. The van der Waals surface area contributed by atoms with E-state index in [0.717, 1.165) is 32.5 Å². The average molecular weight is 231 g/mol. The van der Waals surface area contributed by atoms with Crippen LogP contribution in [0, 0.1) is 0 Å². The predicted octanol–water partition coefficient (Wildman–Crippen LogP) is 0.287. The zero-order valence-corrected chi connectivity index (χ0v) is 10.1. The summed E-state index contributed by atoms with van der Waals surface area (Å²) < 4.78 is 15.0. The molecule has 1 saturated heterocycles. The van der Waals surface area contributed by atoms with Crippen LogP contribution in [0.25, 0.3) is 0 Å². The fraction of sp³-hybridized carbons (Fsp3) is 0.909. The lowest BCUT2D eigenvalue weighted by molar-refractivity contribution is -0.159. The van der Waals surface area contributed by atoms with E-state index < -0.39 is 6.10 Å². The molecule has 1 heterocycles. The third-order valence-electron chi connectivity index (χ3n) is 2.69. The molecule has 0 bridgehead atoms. The van der Waals surface area contributed by atoms with Crippen LogP contribution < -0.4 is 0 Å². The van der Waals surface area contributed by atoms with Crippen molar-refractivity contribution in [3.05, 3.63) is 0 Å². The van der Waals surface area contributed by atoms with Crippen molar-refractivity contribution in [1.29, 1.82) is 0 Å². The van der Waals surface area contributed by atoms with E-state index in [9.17, 15) is 4.79 Å². The molecule has 0 aromatic carbocycles. The molecule has 1 aliphatic heterocycles. The van der Waals surface area contributed by atoms with Gasteiger partial charge in [-0.05, 0) is 19.4 Å². The summed E-state index contributed by atoms with van der Waals surface area (Å²) in [4.78, 5) is 13.5. The van der Waals surface area contributed by atoms with E-state index in [4.69, 9.17) is 9.47 Å². The number of esters is 1. The van der Waals surface area contributed by atoms with Crippen LogP contribution in [0.4, 0.5) is 0 Å². The smallest absolute Gasteiger partial charge is 0.336 e. The molecule has 0 spiro atoms. The van der Waals surface area contributed by atoms with Crippen LogP contribution in [0.1, 0.15) is 12.8 Å². The lowest BCUT2D eigenvalue weighted by Crippen LogP contribution is -2.46. The number of ether oxygens (including phenoxy) is 3. The predicted molar refractivity (Wildman–Crippen MR) is 59.3 cm³/mol. The molecule has 16 heavy (non-hydrogen) atoms. The minimum atomic E-state index is -0.416. The number of hydrogen-bond donors (Lipinski definition) is 0. The number of hydrogen-bond acceptors (Lipinski definition) is 5. The summed E-state index contributed by atoms with van der Waals surface area (Å²) in [7, 11) is 3.10. The Morgan fingerprint density at radius 1 is 1.44 bits per heavy atom. The Hall–Kier alpha value is -0.650. The molecular weight excluding hydrogens is 210 g/mol. The van der Waals surface area contributed by atoms with Crippen LogP contribution in [0.2, 0.25) is 0 Å². The van der Waals surface area contributed by atoms with Gasteiger partial charge in [0.1, 0.15) is 0 Å². The molecule has 94 valence electrons. The van der Waals surface area contributed by atoms with E-state index in [1.165, 1.54) is 7.11 Å². The molecule has 1 fully saturated rings. The van der Waals surface area contributed by atoms with Crippen LogP contribution >= 0.6 is 0 Å². The Balaban J connectivity index is 2.20. The molecule has 1 rings (SSSR count). The number of unbranched alkanes of at least 4 members (excludes halogenated alkanes) is 1. The molecule has 0 aromatic rings. The molecule has 0 saturated carbocycles. The van der Waals surface area contributed by atoms with Gasteiger partial charge in [0.05, 0.1) is 13.7 Å². The maximum atomic E-state index is 11.3. The summed E-state index contributed by atoms with van der Waals surface area (Å²) in [5.74, 6) is -0.276. The molecule has 0 N–H and O–H groups in total. The monoisotopic (exact) mass is 231 g/mol. The highest BCUT2D eigenvalue weighted by molar-refractivity contribution is 5.74. The topological polar surface area (TPSA) is 48.0 Å². The van der Waals surface area contributed by atoms with Gasteiger partial charge in [0.15, 0.2) is 6.10 Å². The Bertz CT molecular complexity index is 210. The number of carbonyl (C=O) groups excluding carboxylic acids is 1. The Kier molecular flexibility index (Phi) is 6.37. The van der Waals surface area contributed by atoms with Gasteiger partial charge in [0, 0.05) is 26.8 Å². The lowest BCUT2D eigenvalue weighted by atomic mass is 10.2. The van der Waals surface area contributed by atoms with Gasteiger partial charge >= 0.3 is 5.97 Å². The molecule has 5 nitrogen and oxygen atoms in total. The van der Waals surface area contributed by atoms with Gasteiger partial charge in [-0.25, -0.2) is 4.79 Å². The van der Waals surface area contributed by atoms with Crippen LogP contribution in [0.15, 0.2) is 0 Å². The fourth-order valence-electron chi connectivity index (χ4n) is 1.76. The van der Waals surface area contributed by atoms with Gasteiger partial charge in [-0.2, -0.15) is 0 Å². The second-order valence-electron chi connectivity index (χ2n) is 3.88. The minimum absolute atomic E-state index is 0.276. The highest BCUT2D eigenvalue weighted by atomic mass is 16.6. The maximum absolute atomic E-state index is 11.3. The van der Waals surface area contributed by atoms with Crippen molar-refractivity contribution in [3.63, 3.8) is 0 Å². The first-order valence-corrected chi connectivity index (χ1v) is 5.68. The average Bonchev–Trinajstić information content (AvgIpc) is 2.34. The van der Waals surface area contributed by atoms with Crippen LogP contribution in [0.3, 0.4) is 0 Å². The highest BCUT2D eigenvalue weighted by Gasteiger charge is 2.26. The van der Waals surface area contributed by atoms with Crippen molar-refractivity contribution in [1.82, 2.24) is 4.90 Å². The van der Waals surface area contributed by atoms with E-state index in [1.54, 1.807) is 7.11 Å². The number of nitrogens with zero attached hydrogens (tertiary/aromatic N) is 1. The SMILES string of the molecule is COCCCCN1CCOC(C(=O)OC)C1. The first-order chi connectivity index (χ1) is 7.77. The molecule has 0 amide bonds. The molecule has 1 unspecified atom stereocenters. The first kappa shape index (κ1) is 13.4. The largest absolute Gasteiger partial charge is 0.467 e. The van der Waals surface area contributed by atoms with Gasteiger partial charge in [-0.1, -0.05) is 0 Å². The Morgan fingerprint density at radius 2 is 2.25 bits per heavy atom. The van der Waals surface area contributed by atoms with E-state index >= 15 is 0 Å². The van der Waals surface area contributed by atoms with Crippen molar-refractivity contribution in [2.75, 3.05) is 47.1 Å². The summed E-state index contributed by atoms with van der Waals surface area (Å²) >= 11 is 0. The molecule has 0 aromatic heterocycles. The van der Waals surface area contributed by atoms with Gasteiger partial charge in [0.25, 0.3) is 0 Å². The van der Waals surface area contributed by atoms with Gasteiger partial charge < -0.3 is 14.2 Å². The molecule has 0 aliphatic carbocycles. The Labute approximate surface area is 96.6 Å². The second-order valence-corrected chi connectivity index (χ2v) is 3.88. The number of methoxy groups -OCH3 is 2. The number of carbonyl (C=O) groups is 1. The normalized spacial score (nSPS) is 22.0. The molecule has 1 atom stereocenters. The van der Waals surface area contributed by atoms with E-state index in [2.05, 4.69) is 9.64 Å². The molecule has 0 radical (unpaired) electrons. The first-order valence-electron chi connectivity index (χ1n) is 5.68. The van der Waals surface area contributed by atoms with Gasteiger partial charge in [0.2, 0.25) is 0 Å². The summed E-state index contributed by atoms with van der Waals surface area (Å²) in [5, 5.41) is 0. The van der Waals surface area contributed by atoms with E-state index in [0.29, 0.717) is 13.2 Å². The zero-order chi connectivity index (χ0) is 11.8. The van der Waals surface area contributed by atoms with Crippen LogP contribution in [-0.4, -0.2) is 64.0 Å². The summed E-state index contributed by atoms with van der Waals surface area (Å²) in [6.45, 7) is 3.91. The van der Waals surface area contributed by atoms with Crippen molar-refractivity contribution in [3.8, 4) is 0 Å². The van der Waals surface area contributed by atoms with E-state index in [-0.39, 0.29) is 5.97 Å². The zero-order valence-electron chi connectivity index (χ0n) is 10.1. The van der Waals surface area contributed by atoms with Gasteiger partial charge in [-0.3, -0.25) is 4.90 Å². The summed E-state index contributed by atoms with van der Waals surface area (Å²) in [6.07, 6.45) is 1.72. The number of rotatable bonds is 6. The summed E-state index contributed by atoms with van der Waals surface area (Å²) in [5.41, 5.74) is 0. The minimum Gasteiger partial charge on any atom is -0.467 e. The van der Waals surface area contributed by atoms with Gasteiger partial charge in [-0.15, -0.1) is 0 Å². The maximum Gasteiger partial charge on any atom is 0.336 e.